The van der Waals surface area contributed by atoms with Crippen molar-refractivity contribution in [3.05, 3.63) is 0 Å². The minimum absolute atomic E-state index is 0.169. The Labute approximate surface area is 79.1 Å². The molecule has 0 radical (unpaired) electrons. The number of carbonyl (C=O) groups excluding carboxylic acids is 1. The number of hydrogen-bond donors (Lipinski definition) is 0. The van der Waals surface area contributed by atoms with Crippen molar-refractivity contribution < 1.29 is 9.63 Å². The number of unbranched alkanes of at least 4 members (excludes halogenated alkanes) is 1. The summed E-state index contributed by atoms with van der Waals surface area (Å²) in [5, 5.41) is 3.87. The van der Waals surface area contributed by atoms with E-state index in [1.54, 1.807) is 0 Å². The van der Waals surface area contributed by atoms with Crippen molar-refractivity contribution in [3.63, 3.8) is 0 Å². The van der Waals surface area contributed by atoms with E-state index in [-0.39, 0.29) is 5.78 Å². The van der Waals surface area contributed by atoms with E-state index < -0.39 is 0 Å². The van der Waals surface area contributed by atoms with E-state index in [2.05, 4.69) is 12.1 Å². The molecule has 13 heavy (non-hydrogen) atoms. The number of rotatable bonds is 4. The predicted molar refractivity (Wildman–Crippen MR) is 51.8 cm³/mol. The van der Waals surface area contributed by atoms with Gasteiger partial charge in [0.25, 0.3) is 0 Å². The molecule has 0 aliphatic heterocycles. The molecule has 3 nitrogen and oxygen atoms in total. The molecule has 1 aliphatic carbocycles. The molecule has 1 fully saturated rings. The van der Waals surface area contributed by atoms with Crippen molar-refractivity contribution in [3.8, 4) is 0 Å². The second-order valence-corrected chi connectivity index (χ2v) is 3.36. The Morgan fingerprint density at radius 3 is 2.85 bits per heavy atom. The van der Waals surface area contributed by atoms with Crippen LogP contribution in [0.3, 0.4) is 0 Å². The maximum atomic E-state index is 11.2. The van der Waals surface area contributed by atoms with Crippen LogP contribution >= 0.6 is 0 Å². The fourth-order valence-electron chi connectivity index (χ4n) is 1.29. The Kier molecular flexibility index (Phi) is 4.50. The van der Waals surface area contributed by atoms with E-state index in [4.69, 9.17) is 4.84 Å². The Balaban J connectivity index is 2.27. The molecule has 0 N–H and O–H groups in total. The first-order valence-corrected chi connectivity index (χ1v) is 5.06. The van der Waals surface area contributed by atoms with Crippen molar-refractivity contribution in [2.24, 2.45) is 5.16 Å². The fraction of sp³-hybridized carbons (Fsp3) is 0.800. The standard InChI is InChI=1S/C10H17NO2/c1-2-3-8-13-11-9-6-4-5-7-10(9)12/h2-8H2,1H3/b11-9-. The average Bonchev–Trinajstić information content (AvgIpc) is 2.15. The van der Waals surface area contributed by atoms with Crippen molar-refractivity contribution in [1.29, 1.82) is 0 Å². The maximum absolute atomic E-state index is 11.2. The second kappa shape index (κ2) is 5.73. The first-order valence-electron chi connectivity index (χ1n) is 5.06. The summed E-state index contributed by atoms with van der Waals surface area (Å²) in [5.74, 6) is 0.169. The molecule has 1 saturated carbocycles. The van der Waals surface area contributed by atoms with Gasteiger partial charge in [0.2, 0.25) is 0 Å². The van der Waals surface area contributed by atoms with Gasteiger partial charge in [-0.1, -0.05) is 18.5 Å². The van der Waals surface area contributed by atoms with Crippen LogP contribution in [0.15, 0.2) is 5.16 Å². The summed E-state index contributed by atoms with van der Waals surface area (Å²) < 4.78 is 0. The van der Waals surface area contributed by atoms with Crippen molar-refractivity contribution in [2.45, 2.75) is 45.4 Å². The third-order valence-electron chi connectivity index (χ3n) is 2.15. The average molecular weight is 183 g/mol. The highest BCUT2D eigenvalue weighted by Gasteiger charge is 2.16. The molecule has 74 valence electrons. The van der Waals surface area contributed by atoms with Gasteiger partial charge in [-0.05, 0) is 25.7 Å². The number of nitrogens with zero attached hydrogens (tertiary/aromatic N) is 1. The van der Waals surface area contributed by atoms with Crippen LogP contribution in [0.25, 0.3) is 0 Å². The highest BCUT2D eigenvalue weighted by atomic mass is 16.6. The van der Waals surface area contributed by atoms with Crippen LogP contribution in [0.2, 0.25) is 0 Å². The summed E-state index contributed by atoms with van der Waals surface area (Å²) in [6.45, 7) is 2.73. The lowest BCUT2D eigenvalue weighted by Gasteiger charge is -2.10. The monoisotopic (exact) mass is 183 g/mol. The van der Waals surface area contributed by atoms with Crippen molar-refractivity contribution >= 4 is 11.5 Å². The van der Waals surface area contributed by atoms with Crippen LogP contribution in [-0.2, 0) is 9.63 Å². The van der Waals surface area contributed by atoms with E-state index in [0.717, 1.165) is 32.1 Å². The second-order valence-electron chi connectivity index (χ2n) is 3.36. The van der Waals surface area contributed by atoms with E-state index in [0.29, 0.717) is 18.7 Å². The van der Waals surface area contributed by atoms with Gasteiger partial charge in [-0.25, -0.2) is 0 Å². The molecule has 0 atom stereocenters. The Morgan fingerprint density at radius 1 is 1.38 bits per heavy atom. The maximum Gasteiger partial charge on any atom is 0.180 e. The van der Waals surface area contributed by atoms with E-state index in [1.165, 1.54) is 0 Å². The summed E-state index contributed by atoms with van der Waals surface area (Å²) in [4.78, 5) is 16.3. The molecule has 0 spiro atoms. The summed E-state index contributed by atoms with van der Waals surface area (Å²) in [7, 11) is 0. The van der Waals surface area contributed by atoms with E-state index >= 15 is 0 Å². The Bertz CT molecular complexity index is 199. The molecule has 0 aromatic rings. The minimum Gasteiger partial charge on any atom is -0.395 e. The normalized spacial score (nSPS) is 20.7. The van der Waals surface area contributed by atoms with Gasteiger partial charge >= 0.3 is 0 Å². The molecule has 0 unspecified atom stereocenters. The summed E-state index contributed by atoms with van der Waals surface area (Å²) in [6, 6.07) is 0. The zero-order chi connectivity index (χ0) is 9.52. The van der Waals surface area contributed by atoms with Crippen molar-refractivity contribution in [1.82, 2.24) is 0 Å². The van der Waals surface area contributed by atoms with Gasteiger partial charge in [0.1, 0.15) is 12.3 Å². The van der Waals surface area contributed by atoms with Gasteiger partial charge in [0.05, 0.1) is 0 Å². The lowest BCUT2D eigenvalue weighted by atomic mass is 9.97. The van der Waals surface area contributed by atoms with Crippen molar-refractivity contribution in [2.75, 3.05) is 6.61 Å². The molecule has 1 aliphatic rings. The molecule has 1 rings (SSSR count). The third-order valence-corrected chi connectivity index (χ3v) is 2.15. The van der Waals surface area contributed by atoms with Gasteiger partial charge in [-0.3, -0.25) is 4.79 Å². The van der Waals surface area contributed by atoms with Gasteiger partial charge < -0.3 is 4.84 Å². The molecule has 0 bridgehead atoms. The van der Waals surface area contributed by atoms with Gasteiger partial charge in [0.15, 0.2) is 5.78 Å². The van der Waals surface area contributed by atoms with Crippen LogP contribution in [0, 0.1) is 0 Å². The Morgan fingerprint density at radius 2 is 2.15 bits per heavy atom. The van der Waals surface area contributed by atoms with E-state index in [1.807, 2.05) is 0 Å². The number of ketones is 1. The van der Waals surface area contributed by atoms with Gasteiger partial charge in [-0.2, -0.15) is 0 Å². The lowest BCUT2D eigenvalue weighted by molar-refractivity contribution is -0.113. The first kappa shape index (κ1) is 10.2. The van der Waals surface area contributed by atoms with Crippen LogP contribution in [-0.4, -0.2) is 18.1 Å². The molecule has 0 saturated heterocycles. The van der Waals surface area contributed by atoms with Crippen LogP contribution in [0.5, 0.6) is 0 Å². The number of hydrogen-bond acceptors (Lipinski definition) is 3. The first-order chi connectivity index (χ1) is 6.34. The lowest BCUT2D eigenvalue weighted by Crippen LogP contribution is -2.18. The predicted octanol–water partition coefficient (Wildman–Crippen LogP) is 2.30. The topological polar surface area (TPSA) is 38.7 Å². The highest BCUT2D eigenvalue weighted by molar-refractivity contribution is 6.40. The molecule has 3 heteroatoms. The molecular weight excluding hydrogens is 166 g/mol. The van der Waals surface area contributed by atoms with Gasteiger partial charge in [0, 0.05) is 6.42 Å². The number of Topliss-reactive ketones (excluding diaryl/α,β-unsaturated/α-hetero) is 1. The van der Waals surface area contributed by atoms with Crippen LogP contribution in [0.4, 0.5) is 0 Å². The summed E-state index contributed by atoms with van der Waals surface area (Å²) in [5.41, 5.74) is 0.641. The van der Waals surface area contributed by atoms with Gasteiger partial charge in [-0.15, -0.1) is 0 Å². The molecule has 0 aromatic heterocycles. The quantitative estimate of drug-likeness (QED) is 0.495. The van der Waals surface area contributed by atoms with E-state index in [9.17, 15) is 4.79 Å². The van der Waals surface area contributed by atoms with Crippen LogP contribution < -0.4 is 0 Å². The SMILES string of the molecule is CCCCO/N=C1/CCCCC1=O. The zero-order valence-corrected chi connectivity index (χ0v) is 8.21. The third kappa shape index (κ3) is 3.57. The number of carbonyl (C=O) groups is 1. The summed E-state index contributed by atoms with van der Waals surface area (Å²) >= 11 is 0. The highest BCUT2D eigenvalue weighted by Crippen LogP contribution is 2.12. The van der Waals surface area contributed by atoms with Crippen LogP contribution in [0.1, 0.15) is 45.4 Å². The molecule has 0 heterocycles. The fourth-order valence-corrected chi connectivity index (χ4v) is 1.29. The molecular formula is C10H17NO2. The largest absolute Gasteiger partial charge is 0.395 e. The zero-order valence-electron chi connectivity index (χ0n) is 8.21. The summed E-state index contributed by atoms with van der Waals surface area (Å²) in [6.07, 6.45) is 5.62. The molecule has 0 amide bonds. The number of oxime groups is 1. The smallest absolute Gasteiger partial charge is 0.180 e. The molecule has 0 aromatic carbocycles. The minimum atomic E-state index is 0.169. The Hall–Kier alpha value is -0.860.